The van der Waals surface area contributed by atoms with Gasteiger partial charge in [0.1, 0.15) is 17.2 Å². The lowest BCUT2D eigenvalue weighted by molar-refractivity contribution is 0.357. The maximum Gasteiger partial charge on any atom is 0.131 e. The maximum atomic E-state index is 12.4. The summed E-state index contributed by atoms with van der Waals surface area (Å²) in [6, 6.07) is 2.95. The predicted molar refractivity (Wildman–Crippen MR) is 70.9 cm³/mol. The van der Waals surface area contributed by atoms with E-state index in [1.54, 1.807) is 19.2 Å². The average Bonchev–Trinajstić information content (AvgIpc) is 2.37. The molecule has 6 heteroatoms. The molecule has 1 aromatic carbocycles. The van der Waals surface area contributed by atoms with Crippen LogP contribution in [0.2, 0.25) is 0 Å². The fourth-order valence-corrected chi connectivity index (χ4v) is 1.66. The molecule has 1 atom stereocenters. The third kappa shape index (κ3) is 3.65. The fourth-order valence-electron chi connectivity index (χ4n) is 1.66. The smallest absolute Gasteiger partial charge is 0.131 e. The third-order valence-corrected chi connectivity index (χ3v) is 2.54. The third-order valence-electron chi connectivity index (χ3n) is 2.54. The van der Waals surface area contributed by atoms with Crippen molar-refractivity contribution in [1.29, 1.82) is 0 Å². The summed E-state index contributed by atoms with van der Waals surface area (Å²) in [5.41, 5.74) is 6.57. The van der Waals surface area contributed by atoms with Crippen LogP contribution in [0.15, 0.2) is 12.1 Å². The van der Waals surface area contributed by atoms with E-state index in [2.05, 4.69) is 0 Å². The lowest BCUT2D eigenvalue weighted by Crippen LogP contribution is -2.14. The van der Waals surface area contributed by atoms with Crippen LogP contribution in [0.25, 0.3) is 0 Å². The van der Waals surface area contributed by atoms with Crippen LogP contribution in [-0.2, 0) is 0 Å². The second kappa shape index (κ2) is 8.00. The Morgan fingerprint density at radius 2 is 1.61 bits per heavy atom. The minimum Gasteiger partial charge on any atom is -0.496 e. The number of benzene rings is 1. The van der Waals surface area contributed by atoms with Crippen molar-refractivity contribution in [3.8, 4) is 17.2 Å². The number of alkyl halides is 1. The van der Waals surface area contributed by atoms with Crippen molar-refractivity contribution in [3.05, 3.63) is 17.7 Å². The molecule has 1 aromatic rings. The first kappa shape index (κ1) is 16.8. The van der Waals surface area contributed by atoms with Gasteiger partial charge in [-0.3, -0.25) is 4.39 Å². The Bertz CT molecular complexity index is 351. The van der Waals surface area contributed by atoms with Gasteiger partial charge < -0.3 is 19.9 Å². The van der Waals surface area contributed by atoms with E-state index in [9.17, 15) is 4.39 Å². The molecule has 0 saturated carbocycles. The molecule has 0 radical (unpaired) electrons. The van der Waals surface area contributed by atoms with Gasteiger partial charge in [-0.1, -0.05) is 0 Å². The lowest BCUT2D eigenvalue weighted by Gasteiger charge is -2.19. The number of methoxy groups -OCH3 is 3. The number of nitrogens with two attached hydrogens (primary N) is 1. The van der Waals surface area contributed by atoms with Crippen LogP contribution in [0.1, 0.15) is 18.0 Å². The van der Waals surface area contributed by atoms with E-state index in [1.807, 2.05) is 0 Å². The van der Waals surface area contributed by atoms with Crippen molar-refractivity contribution < 1.29 is 18.6 Å². The number of ether oxygens (including phenoxy) is 3. The molecular formula is C12H19ClFNO3. The monoisotopic (exact) mass is 279 g/mol. The zero-order valence-electron chi connectivity index (χ0n) is 10.7. The van der Waals surface area contributed by atoms with E-state index in [1.165, 1.54) is 14.2 Å². The Labute approximate surface area is 113 Å². The molecule has 0 amide bonds. The first-order valence-electron chi connectivity index (χ1n) is 5.29. The largest absolute Gasteiger partial charge is 0.496 e. The van der Waals surface area contributed by atoms with Crippen LogP contribution in [0, 0.1) is 0 Å². The van der Waals surface area contributed by atoms with Crippen LogP contribution in [0.4, 0.5) is 4.39 Å². The Hall–Kier alpha value is -1.20. The van der Waals surface area contributed by atoms with Crippen molar-refractivity contribution in [2.75, 3.05) is 28.0 Å². The first-order chi connectivity index (χ1) is 8.17. The summed E-state index contributed by atoms with van der Waals surface area (Å²) in [5, 5.41) is 0. The number of hydrogen-bond acceptors (Lipinski definition) is 4. The molecular weight excluding hydrogens is 261 g/mol. The average molecular weight is 280 g/mol. The zero-order valence-corrected chi connectivity index (χ0v) is 11.6. The summed E-state index contributed by atoms with van der Waals surface area (Å²) in [5.74, 6) is 1.69. The van der Waals surface area contributed by atoms with Crippen molar-refractivity contribution in [3.63, 3.8) is 0 Å². The molecule has 2 N–H and O–H groups in total. The van der Waals surface area contributed by atoms with Crippen molar-refractivity contribution >= 4 is 12.4 Å². The van der Waals surface area contributed by atoms with E-state index < -0.39 is 12.7 Å². The van der Waals surface area contributed by atoms with Gasteiger partial charge in [-0.05, 0) is 6.42 Å². The van der Waals surface area contributed by atoms with E-state index in [0.29, 0.717) is 22.8 Å². The molecule has 0 aliphatic carbocycles. The molecule has 0 aromatic heterocycles. The Morgan fingerprint density at radius 3 is 1.94 bits per heavy atom. The number of halogens is 2. The maximum absolute atomic E-state index is 12.4. The summed E-state index contributed by atoms with van der Waals surface area (Å²) in [6.07, 6.45) is 0.221. The summed E-state index contributed by atoms with van der Waals surface area (Å²) < 4.78 is 27.9. The van der Waals surface area contributed by atoms with Gasteiger partial charge >= 0.3 is 0 Å². The van der Waals surface area contributed by atoms with Gasteiger partial charge in [0.05, 0.1) is 33.6 Å². The summed E-state index contributed by atoms with van der Waals surface area (Å²) in [7, 11) is 4.61. The fraction of sp³-hybridized carbons (Fsp3) is 0.500. The minimum atomic E-state index is -0.487. The Kier molecular flexibility index (Phi) is 7.47. The van der Waals surface area contributed by atoms with E-state index in [-0.39, 0.29) is 18.8 Å². The molecule has 104 valence electrons. The van der Waals surface area contributed by atoms with Gasteiger partial charge in [-0.15, -0.1) is 12.4 Å². The zero-order chi connectivity index (χ0) is 12.8. The molecule has 1 rings (SSSR count). The van der Waals surface area contributed by atoms with Crippen LogP contribution >= 0.6 is 12.4 Å². The molecule has 4 nitrogen and oxygen atoms in total. The van der Waals surface area contributed by atoms with Gasteiger partial charge in [0.15, 0.2) is 0 Å². The van der Waals surface area contributed by atoms with Crippen molar-refractivity contribution in [1.82, 2.24) is 0 Å². The SMILES string of the molecule is COc1cc(OC)c([C@H](N)CCF)c(OC)c1.Cl. The Morgan fingerprint density at radius 1 is 1.11 bits per heavy atom. The van der Waals surface area contributed by atoms with Gasteiger partial charge in [-0.2, -0.15) is 0 Å². The highest BCUT2D eigenvalue weighted by Crippen LogP contribution is 2.38. The molecule has 0 fully saturated rings. The molecule has 18 heavy (non-hydrogen) atoms. The standard InChI is InChI=1S/C12H18FNO3.ClH/c1-15-8-6-10(16-2)12(9(14)4-5-13)11(7-8)17-3;/h6-7,9H,4-5,14H2,1-3H3;1H/t9-;/m1./s1. The van der Waals surface area contributed by atoms with E-state index >= 15 is 0 Å². The minimum absolute atomic E-state index is 0. The number of hydrogen-bond donors (Lipinski definition) is 1. The van der Waals surface area contributed by atoms with Crippen LogP contribution in [0.3, 0.4) is 0 Å². The highest BCUT2D eigenvalue weighted by atomic mass is 35.5. The van der Waals surface area contributed by atoms with Crippen molar-refractivity contribution in [2.45, 2.75) is 12.5 Å². The normalized spacial score (nSPS) is 11.4. The highest BCUT2D eigenvalue weighted by molar-refractivity contribution is 5.85. The molecule has 0 bridgehead atoms. The van der Waals surface area contributed by atoms with Crippen molar-refractivity contribution in [2.24, 2.45) is 5.73 Å². The molecule has 0 spiro atoms. The topological polar surface area (TPSA) is 53.7 Å². The van der Waals surface area contributed by atoms with Gasteiger partial charge in [0.2, 0.25) is 0 Å². The Balaban J connectivity index is 0.00000289. The lowest BCUT2D eigenvalue weighted by atomic mass is 10.0. The van der Waals surface area contributed by atoms with Gasteiger partial charge in [0.25, 0.3) is 0 Å². The second-order valence-electron chi connectivity index (χ2n) is 3.53. The van der Waals surface area contributed by atoms with Crippen LogP contribution in [-0.4, -0.2) is 28.0 Å². The summed E-state index contributed by atoms with van der Waals surface area (Å²) in [4.78, 5) is 0. The van der Waals surface area contributed by atoms with Crippen LogP contribution < -0.4 is 19.9 Å². The molecule has 0 aliphatic rings. The summed E-state index contributed by atoms with van der Waals surface area (Å²) in [6.45, 7) is -0.487. The molecule has 0 saturated heterocycles. The van der Waals surface area contributed by atoms with Gasteiger partial charge in [-0.25, -0.2) is 0 Å². The molecule has 0 aliphatic heterocycles. The first-order valence-corrected chi connectivity index (χ1v) is 5.29. The van der Waals surface area contributed by atoms with Gasteiger partial charge in [0, 0.05) is 18.2 Å². The molecule has 0 unspecified atom stereocenters. The van der Waals surface area contributed by atoms with Crippen LogP contribution in [0.5, 0.6) is 17.2 Å². The van der Waals surface area contributed by atoms with E-state index in [4.69, 9.17) is 19.9 Å². The summed E-state index contributed by atoms with van der Waals surface area (Å²) >= 11 is 0. The van der Waals surface area contributed by atoms with E-state index in [0.717, 1.165) is 0 Å². The molecule has 0 heterocycles. The predicted octanol–water partition coefficient (Wildman–Crippen LogP) is 2.49. The highest BCUT2D eigenvalue weighted by Gasteiger charge is 2.19. The second-order valence-corrected chi connectivity index (χ2v) is 3.53. The number of rotatable bonds is 6. The quantitative estimate of drug-likeness (QED) is 0.869.